The summed E-state index contributed by atoms with van der Waals surface area (Å²) in [5, 5.41) is 0. The quantitative estimate of drug-likeness (QED) is 0.170. The van der Waals surface area contributed by atoms with Crippen LogP contribution in [-0.4, -0.2) is 11.7 Å². The molecule has 4 fully saturated rings. The van der Waals surface area contributed by atoms with E-state index in [4.69, 9.17) is 0 Å². The van der Waals surface area contributed by atoms with Crippen LogP contribution in [-0.2, 0) is 5.41 Å². The Bertz CT molecular complexity index is 2660. The van der Waals surface area contributed by atoms with Crippen LogP contribution in [0.3, 0.4) is 0 Å². The first-order valence-electron chi connectivity index (χ1n) is 20.4. The van der Waals surface area contributed by atoms with Crippen LogP contribution in [0.15, 0.2) is 158 Å². The first kappa shape index (κ1) is 30.5. The smallest absolute Gasteiger partial charge is 0.252 e. The van der Waals surface area contributed by atoms with Crippen molar-refractivity contribution in [2.45, 2.75) is 37.5 Å². The fourth-order valence-electron chi connectivity index (χ4n) is 13.1. The number of pyridine rings is 1. The van der Waals surface area contributed by atoms with Crippen molar-refractivity contribution in [3.05, 3.63) is 169 Å². The maximum Gasteiger partial charge on any atom is 0.252 e. The zero-order valence-corrected chi connectivity index (χ0v) is 30.8. The van der Waals surface area contributed by atoms with E-state index in [1.165, 1.54) is 88.4 Å². The number of hydrogen-bond acceptors (Lipinski definition) is 3. The molecule has 4 bridgehead atoms. The van der Waals surface area contributed by atoms with E-state index in [1.54, 1.807) is 22.1 Å². The summed E-state index contributed by atoms with van der Waals surface area (Å²) < 4.78 is 0. The third-order valence-electron chi connectivity index (χ3n) is 14.7. The van der Waals surface area contributed by atoms with Crippen molar-refractivity contribution in [2.75, 3.05) is 9.80 Å². The van der Waals surface area contributed by atoms with Gasteiger partial charge in [-0.05, 0) is 149 Å². The molecule has 7 aliphatic rings. The molecular weight excluding hydrogens is 665 g/mol. The summed E-state index contributed by atoms with van der Waals surface area (Å²) in [6.07, 6.45) is 10.7. The molecule has 0 N–H and O–H groups in total. The van der Waals surface area contributed by atoms with Gasteiger partial charge in [-0.3, -0.25) is 4.98 Å². The molecule has 1 spiro atoms. The average Bonchev–Trinajstić information content (AvgIpc) is 3.24. The number of para-hydroxylation sites is 1. The maximum absolute atomic E-state index is 4.42. The SMILES string of the molecule is c1ccc(-c2ccccc2N2c3cccc4c3B3c5c(cccc5C5(c6cccc2c63)C2CC3CC(C2)CC5C3)N4c2ccc(-c3cccnc3)cc2)cc1. The van der Waals surface area contributed by atoms with Gasteiger partial charge in [-0.1, -0.05) is 97.1 Å². The largest absolute Gasteiger partial charge is 0.311 e. The standard InChI is InChI=1S/C51H40BN3/c1-2-10-35(11-3-1)40-13-4-5-16-43(40)55-45-18-7-15-42-49(45)52-48-41(51(42)37-27-32-26-33(29-37)30-38(51)28-32)14-6-17-44(48)54(46-19-8-20-47(55)50(46)52)39-23-21-34(22-24-39)36-12-9-25-53-31-36/h1-25,31-33,37-38H,26-30H2. The number of rotatable bonds is 4. The fraction of sp³-hybridized carbons (Fsp3) is 0.196. The third kappa shape index (κ3) is 3.95. The van der Waals surface area contributed by atoms with E-state index in [1.807, 2.05) is 18.5 Å². The van der Waals surface area contributed by atoms with E-state index in [9.17, 15) is 0 Å². The molecule has 0 amide bonds. The van der Waals surface area contributed by atoms with Gasteiger partial charge >= 0.3 is 0 Å². The maximum atomic E-state index is 4.42. The van der Waals surface area contributed by atoms with E-state index < -0.39 is 0 Å². The average molecular weight is 706 g/mol. The Labute approximate surface area is 323 Å². The highest BCUT2D eigenvalue weighted by Crippen LogP contribution is 2.66. The summed E-state index contributed by atoms with van der Waals surface area (Å²) in [4.78, 5) is 9.66. The molecule has 262 valence electrons. The number of aromatic nitrogens is 1. The van der Waals surface area contributed by atoms with Crippen LogP contribution in [0.5, 0.6) is 0 Å². The van der Waals surface area contributed by atoms with E-state index >= 15 is 0 Å². The lowest BCUT2D eigenvalue weighted by molar-refractivity contribution is -0.0412. The molecule has 0 saturated heterocycles. The molecule has 4 heterocycles. The van der Waals surface area contributed by atoms with Crippen LogP contribution in [0.2, 0.25) is 0 Å². The Hall–Kier alpha value is -5.87. The van der Waals surface area contributed by atoms with Gasteiger partial charge in [0.05, 0.1) is 5.69 Å². The number of nitrogens with zero attached hydrogens (tertiary/aromatic N) is 3. The van der Waals surface area contributed by atoms with Crippen LogP contribution < -0.4 is 26.2 Å². The summed E-state index contributed by atoms with van der Waals surface area (Å²) in [5.41, 5.74) is 20.4. The minimum absolute atomic E-state index is 0.0326. The molecule has 3 aliphatic heterocycles. The molecule has 14 rings (SSSR count). The molecule has 0 atom stereocenters. The summed E-state index contributed by atoms with van der Waals surface area (Å²) >= 11 is 0. The van der Waals surface area contributed by atoms with Crippen LogP contribution in [0.1, 0.15) is 43.2 Å². The van der Waals surface area contributed by atoms with E-state index in [0.29, 0.717) is 11.8 Å². The normalized spacial score (nSPS) is 24.3. The number of anilines is 6. The molecule has 7 aromatic rings. The highest BCUT2D eigenvalue weighted by atomic mass is 15.2. The van der Waals surface area contributed by atoms with Gasteiger partial charge in [-0.25, -0.2) is 0 Å². The van der Waals surface area contributed by atoms with Crippen molar-refractivity contribution in [2.24, 2.45) is 23.7 Å². The lowest BCUT2D eigenvalue weighted by atomic mass is 9.25. The Morgan fingerprint density at radius 2 is 1.02 bits per heavy atom. The molecule has 4 saturated carbocycles. The third-order valence-corrected chi connectivity index (χ3v) is 14.7. The second-order valence-corrected chi connectivity index (χ2v) is 17.1. The molecule has 55 heavy (non-hydrogen) atoms. The Balaban J connectivity index is 1.12. The van der Waals surface area contributed by atoms with Gasteiger partial charge in [0.2, 0.25) is 0 Å². The summed E-state index contributed by atoms with van der Waals surface area (Å²) in [5.74, 6) is 3.14. The molecule has 4 heteroatoms. The van der Waals surface area contributed by atoms with Gasteiger partial charge < -0.3 is 9.80 Å². The molecule has 0 unspecified atom stereocenters. The topological polar surface area (TPSA) is 19.4 Å². The number of hydrogen-bond donors (Lipinski definition) is 0. The molecule has 6 aromatic carbocycles. The van der Waals surface area contributed by atoms with Crippen molar-refractivity contribution in [1.82, 2.24) is 4.98 Å². The summed E-state index contributed by atoms with van der Waals surface area (Å²) in [7, 11) is 0. The van der Waals surface area contributed by atoms with E-state index in [0.717, 1.165) is 17.4 Å². The van der Waals surface area contributed by atoms with Gasteiger partial charge in [0.25, 0.3) is 6.71 Å². The second-order valence-electron chi connectivity index (χ2n) is 17.1. The zero-order chi connectivity index (χ0) is 35.8. The van der Waals surface area contributed by atoms with Crippen molar-refractivity contribution < 1.29 is 0 Å². The van der Waals surface area contributed by atoms with Gasteiger partial charge in [0.15, 0.2) is 0 Å². The Morgan fingerprint density at radius 3 is 1.69 bits per heavy atom. The first-order chi connectivity index (χ1) is 27.3. The van der Waals surface area contributed by atoms with Gasteiger partial charge in [0.1, 0.15) is 0 Å². The fourth-order valence-corrected chi connectivity index (χ4v) is 13.1. The molecule has 1 aromatic heterocycles. The highest BCUT2D eigenvalue weighted by Gasteiger charge is 2.63. The lowest BCUT2D eigenvalue weighted by Crippen LogP contribution is -2.71. The molecule has 0 radical (unpaired) electrons. The van der Waals surface area contributed by atoms with Crippen LogP contribution in [0.25, 0.3) is 22.3 Å². The summed E-state index contributed by atoms with van der Waals surface area (Å²) in [6.45, 7) is 0.178. The molecule has 4 aliphatic carbocycles. The highest BCUT2D eigenvalue weighted by molar-refractivity contribution is 7.01. The van der Waals surface area contributed by atoms with Gasteiger partial charge in [-0.15, -0.1) is 0 Å². The Morgan fingerprint density at radius 1 is 0.455 bits per heavy atom. The molecular formula is C51H40BN3. The lowest BCUT2D eigenvalue weighted by Gasteiger charge is -2.65. The van der Waals surface area contributed by atoms with Crippen LogP contribution in [0.4, 0.5) is 34.1 Å². The predicted molar refractivity (Wildman–Crippen MR) is 227 cm³/mol. The minimum Gasteiger partial charge on any atom is -0.311 e. The van der Waals surface area contributed by atoms with Gasteiger partial charge in [-0.2, -0.15) is 0 Å². The van der Waals surface area contributed by atoms with E-state index in [2.05, 4.69) is 154 Å². The monoisotopic (exact) mass is 705 g/mol. The number of benzene rings is 6. The van der Waals surface area contributed by atoms with Crippen molar-refractivity contribution >= 4 is 57.2 Å². The van der Waals surface area contributed by atoms with E-state index in [-0.39, 0.29) is 12.1 Å². The summed E-state index contributed by atoms with van der Waals surface area (Å²) in [6, 6.07) is 55.3. The molecule has 3 nitrogen and oxygen atoms in total. The van der Waals surface area contributed by atoms with Crippen LogP contribution >= 0.6 is 0 Å². The second kappa shape index (κ2) is 11.1. The predicted octanol–water partition coefficient (Wildman–Crippen LogP) is 10.6. The first-order valence-corrected chi connectivity index (χ1v) is 20.4. The van der Waals surface area contributed by atoms with Crippen LogP contribution in [0, 0.1) is 23.7 Å². The zero-order valence-electron chi connectivity index (χ0n) is 30.8. The Kier molecular flexibility index (Phi) is 6.15. The van der Waals surface area contributed by atoms with Crippen molar-refractivity contribution in [3.8, 4) is 22.3 Å². The van der Waals surface area contributed by atoms with Gasteiger partial charge in [0, 0.05) is 51.8 Å². The van der Waals surface area contributed by atoms with Crippen molar-refractivity contribution in [1.29, 1.82) is 0 Å². The minimum atomic E-state index is 0.0326. The van der Waals surface area contributed by atoms with Crippen molar-refractivity contribution in [3.63, 3.8) is 0 Å².